The van der Waals surface area contributed by atoms with Gasteiger partial charge >= 0.3 is 0 Å². The van der Waals surface area contributed by atoms with E-state index in [2.05, 4.69) is 15.8 Å². The number of nitrogens with one attached hydrogen (secondary N) is 2. The van der Waals surface area contributed by atoms with Crippen LogP contribution in [0.5, 0.6) is 5.75 Å². The number of ether oxygens (including phenoxy) is 1. The number of carbonyl (C=O) groups excluding carboxylic acids is 2. The molecule has 0 atom stereocenters. The third-order valence-corrected chi connectivity index (χ3v) is 3.81. The molecular formula is C20H16ClN3O3. The second-order valence-electron chi connectivity index (χ2n) is 5.57. The molecule has 1 aromatic heterocycles. The van der Waals surface area contributed by atoms with Crippen LogP contribution in [0.3, 0.4) is 0 Å². The predicted molar refractivity (Wildman–Crippen MR) is 101 cm³/mol. The molecule has 7 heteroatoms. The zero-order valence-electron chi connectivity index (χ0n) is 14.2. The molecule has 0 aliphatic heterocycles. The first-order chi connectivity index (χ1) is 13.1. The van der Waals surface area contributed by atoms with Gasteiger partial charge in [-0.2, -0.15) is 0 Å². The Morgan fingerprint density at radius 3 is 2.52 bits per heavy atom. The number of hydrogen-bond donors (Lipinski definition) is 2. The summed E-state index contributed by atoms with van der Waals surface area (Å²) in [6, 6.07) is 18.9. The van der Waals surface area contributed by atoms with Gasteiger partial charge in [-0.1, -0.05) is 35.9 Å². The molecule has 2 amide bonds. The van der Waals surface area contributed by atoms with Gasteiger partial charge in [0, 0.05) is 16.8 Å². The zero-order valence-corrected chi connectivity index (χ0v) is 14.9. The van der Waals surface area contributed by atoms with E-state index in [1.807, 2.05) is 18.2 Å². The van der Waals surface area contributed by atoms with Crippen molar-refractivity contribution in [3.8, 4) is 5.75 Å². The summed E-state index contributed by atoms with van der Waals surface area (Å²) < 4.78 is 5.70. The van der Waals surface area contributed by atoms with Gasteiger partial charge in [-0.15, -0.1) is 0 Å². The molecule has 3 rings (SSSR count). The second-order valence-corrected chi connectivity index (χ2v) is 6.01. The first kappa shape index (κ1) is 18.4. The van der Waals surface area contributed by atoms with Crippen LogP contribution in [-0.2, 0) is 6.61 Å². The topological polar surface area (TPSA) is 80.3 Å². The van der Waals surface area contributed by atoms with E-state index in [-0.39, 0.29) is 5.69 Å². The van der Waals surface area contributed by atoms with Gasteiger partial charge in [0.2, 0.25) is 0 Å². The number of pyridine rings is 1. The van der Waals surface area contributed by atoms with Gasteiger partial charge in [0.15, 0.2) is 0 Å². The van der Waals surface area contributed by atoms with Crippen molar-refractivity contribution in [3.05, 3.63) is 94.8 Å². The number of carbonyl (C=O) groups is 2. The Morgan fingerprint density at radius 1 is 0.926 bits per heavy atom. The molecule has 27 heavy (non-hydrogen) atoms. The number of hydrogen-bond acceptors (Lipinski definition) is 4. The van der Waals surface area contributed by atoms with Gasteiger partial charge in [0.1, 0.15) is 18.1 Å². The highest BCUT2D eigenvalue weighted by Crippen LogP contribution is 2.17. The molecule has 2 N–H and O–H groups in total. The SMILES string of the molecule is O=C(NNC(=O)c1ccccn1)c1cccc(OCc2cccc(Cl)c2)c1. The number of hydrazine groups is 1. The highest BCUT2D eigenvalue weighted by atomic mass is 35.5. The van der Waals surface area contributed by atoms with Crippen LogP contribution in [0.15, 0.2) is 72.9 Å². The smallest absolute Gasteiger partial charge is 0.288 e. The van der Waals surface area contributed by atoms with E-state index in [1.54, 1.807) is 48.5 Å². The van der Waals surface area contributed by atoms with Crippen molar-refractivity contribution in [1.82, 2.24) is 15.8 Å². The Morgan fingerprint density at radius 2 is 1.74 bits per heavy atom. The Kier molecular flexibility index (Phi) is 6.02. The molecular weight excluding hydrogens is 366 g/mol. The predicted octanol–water partition coefficient (Wildman–Crippen LogP) is 3.39. The summed E-state index contributed by atoms with van der Waals surface area (Å²) in [5.41, 5.74) is 6.15. The van der Waals surface area contributed by atoms with Gasteiger partial charge in [0.05, 0.1) is 0 Å². The highest BCUT2D eigenvalue weighted by Gasteiger charge is 2.10. The number of benzene rings is 2. The molecule has 0 fully saturated rings. The summed E-state index contributed by atoms with van der Waals surface area (Å²) in [7, 11) is 0. The van der Waals surface area contributed by atoms with Crippen LogP contribution in [0.25, 0.3) is 0 Å². The quantitative estimate of drug-likeness (QED) is 0.664. The minimum absolute atomic E-state index is 0.205. The molecule has 0 bridgehead atoms. The third-order valence-electron chi connectivity index (χ3n) is 3.58. The molecule has 2 aromatic carbocycles. The van der Waals surface area contributed by atoms with E-state index in [4.69, 9.17) is 16.3 Å². The van der Waals surface area contributed by atoms with Gasteiger partial charge in [-0.05, 0) is 48.0 Å². The maximum atomic E-state index is 12.2. The fourth-order valence-corrected chi connectivity index (χ4v) is 2.48. The molecule has 0 radical (unpaired) electrons. The van der Waals surface area contributed by atoms with Crippen molar-refractivity contribution in [2.24, 2.45) is 0 Å². The van der Waals surface area contributed by atoms with E-state index >= 15 is 0 Å². The fraction of sp³-hybridized carbons (Fsp3) is 0.0500. The van der Waals surface area contributed by atoms with E-state index in [0.29, 0.717) is 22.9 Å². The number of aromatic nitrogens is 1. The van der Waals surface area contributed by atoms with E-state index in [1.165, 1.54) is 6.20 Å². The first-order valence-corrected chi connectivity index (χ1v) is 8.48. The molecule has 3 aromatic rings. The van der Waals surface area contributed by atoms with Crippen LogP contribution < -0.4 is 15.6 Å². The molecule has 6 nitrogen and oxygen atoms in total. The first-order valence-electron chi connectivity index (χ1n) is 8.11. The summed E-state index contributed by atoms with van der Waals surface area (Å²) in [4.78, 5) is 28.1. The van der Waals surface area contributed by atoms with Crippen LogP contribution in [0.4, 0.5) is 0 Å². The minimum Gasteiger partial charge on any atom is -0.489 e. The Bertz CT molecular complexity index is 948. The molecule has 136 valence electrons. The average Bonchev–Trinajstić information content (AvgIpc) is 2.71. The van der Waals surface area contributed by atoms with Crippen molar-refractivity contribution in [3.63, 3.8) is 0 Å². The number of halogens is 1. The molecule has 0 saturated carbocycles. The second kappa shape index (κ2) is 8.82. The van der Waals surface area contributed by atoms with Crippen LogP contribution in [0.1, 0.15) is 26.4 Å². The number of amides is 2. The lowest BCUT2D eigenvalue weighted by Gasteiger charge is -2.10. The summed E-state index contributed by atoms with van der Waals surface area (Å²) in [5.74, 6) is -0.441. The van der Waals surface area contributed by atoms with Gasteiger partial charge in [-0.25, -0.2) is 0 Å². The van der Waals surface area contributed by atoms with Crippen molar-refractivity contribution in [2.45, 2.75) is 6.61 Å². The number of nitrogens with zero attached hydrogens (tertiary/aromatic N) is 1. The minimum atomic E-state index is -0.502. The van der Waals surface area contributed by atoms with Crippen LogP contribution in [0.2, 0.25) is 5.02 Å². The standard InChI is InChI=1S/C20H16ClN3O3/c21-16-7-3-5-14(11-16)13-27-17-8-4-6-15(12-17)19(25)23-24-20(26)18-9-1-2-10-22-18/h1-12H,13H2,(H,23,25)(H,24,26). The third kappa shape index (κ3) is 5.29. The molecule has 1 heterocycles. The monoisotopic (exact) mass is 381 g/mol. The summed E-state index contributed by atoms with van der Waals surface area (Å²) in [6.07, 6.45) is 1.50. The van der Waals surface area contributed by atoms with Crippen molar-refractivity contribution in [2.75, 3.05) is 0 Å². The molecule has 0 saturated heterocycles. The Hall–Kier alpha value is -3.38. The van der Waals surface area contributed by atoms with Crippen LogP contribution in [0, 0.1) is 0 Å². The maximum absolute atomic E-state index is 12.2. The van der Waals surface area contributed by atoms with Crippen molar-refractivity contribution >= 4 is 23.4 Å². The molecule has 0 spiro atoms. The van der Waals surface area contributed by atoms with Gasteiger partial charge < -0.3 is 4.74 Å². The summed E-state index contributed by atoms with van der Waals surface area (Å²) >= 11 is 5.95. The molecule has 0 aliphatic rings. The van der Waals surface area contributed by atoms with E-state index < -0.39 is 11.8 Å². The van der Waals surface area contributed by atoms with E-state index in [9.17, 15) is 9.59 Å². The number of rotatable bonds is 5. The Balaban J connectivity index is 1.57. The average molecular weight is 382 g/mol. The molecule has 0 unspecified atom stereocenters. The zero-order chi connectivity index (χ0) is 19.1. The van der Waals surface area contributed by atoms with E-state index in [0.717, 1.165) is 5.56 Å². The summed E-state index contributed by atoms with van der Waals surface area (Å²) in [6.45, 7) is 0.321. The fourth-order valence-electron chi connectivity index (χ4n) is 2.27. The highest BCUT2D eigenvalue weighted by molar-refractivity contribution is 6.30. The Labute approximate surface area is 161 Å². The van der Waals surface area contributed by atoms with Gasteiger partial charge in [0.25, 0.3) is 11.8 Å². The van der Waals surface area contributed by atoms with Crippen LogP contribution in [-0.4, -0.2) is 16.8 Å². The lowest BCUT2D eigenvalue weighted by Crippen LogP contribution is -2.41. The summed E-state index contributed by atoms with van der Waals surface area (Å²) in [5, 5.41) is 0.632. The van der Waals surface area contributed by atoms with Crippen molar-refractivity contribution < 1.29 is 14.3 Å². The van der Waals surface area contributed by atoms with Crippen LogP contribution >= 0.6 is 11.6 Å². The molecule has 0 aliphatic carbocycles. The maximum Gasteiger partial charge on any atom is 0.288 e. The normalized spacial score (nSPS) is 10.1. The largest absolute Gasteiger partial charge is 0.489 e. The van der Waals surface area contributed by atoms with Gasteiger partial charge in [-0.3, -0.25) is 25.4 Å². The lowest BCUT2D eigenvalue weighted by atomic mass is 10.2. The lowest BCUT2D eigenvalue weighted by molar-refractivity contribution is 0.0844. The van der Waals surface area contributed by atoms with Crippen molar-refractivity contribution in [1.29, 1.82) is 0 Å².